The van der Waals surface area contributed by atoms with Crippen LogP contribution in [0.1, 0.15) is 12.0 Å². The van der Waals surface area contributed by atoms with Gasteiger partial charge in [0, 0.05) is 5.75 Å². The first-order valence-corrected chi connectivity index (χ1v) is 8.87. The Morgan fingerprint density at radius 2 is 2.24 bits per heavy atom. The number of carboxylic acid groups (broad SMARTS) is 1. The number of benzene rings is 1. The molecule has 2 rings (SSSR count). The molecule has 9 heteroatoms. The number of thioether (sulfide) groups is 1. The lowest BCUT2D eigenvalue weighted by Crippen LogP contribution is -2.54. The third kappa shape index (κ3) is 3.16. The number of halogens is 1. The van der Waals surface area contributed by atoms with E-state index in [1.54, 1.807) is 0 Å². The van der Waals surface area contributed by atoms with Crippen LogP contribution >= 0.6 is 23.4 Å². The van der Waals surface area contributed by atoms with Gasteiger partial charge in [-0.2, -0.15) is 21.7 Å². The molecular formula is C12H11ClN2O4S2. The Bertz CT molecular complexity index is 721. The zero-order valence-corrected chi connectivity index (χ0v) is 13.1. The molecule has 1 unspecified atom stereocenters. The van der Waals surface area contributed by atoms with Crippen molar-refractivity contribution in [2.24, 2.45) is 0 Å². The van der Waals surface area contributed by atoms with Crippen molar-refractivity contribution in [1.82, 2.24) is 4.72 Å². The maximum atomic E-state index is 12.4. The fraction of sp³-hybridized carbons (Fsp3) is 0.333. The molecule has 0 amide bonds. The van der Waals surface area contributed by atoms with Gasteiger partial charge in [-0.05, 0) is 30.4 Å². The fourth-order valence-corrected chi connectivity index (χ4v) is 5.31. The summed E-state index contributed by atoms with van der Waals surface area (Å²) in [6, 6.07) is 5.59. The molecular weight excluding hydrogens is 336 g/mol. The summed E-state index contributed by atoms with van der Waals surface area (Å²) in [6.45, 7) is 0. The lowest BCUT2D eigenvalue weighted by Gasteiger charge is -2.24. The molecule has 0 aliphatic carbocycles. The topological polar surface area (TPSA) is 107 Å². The number of nitrogens with one attached hydrogen (secondary N) is 1. The number of nitrogens with zero attached hydrogens (tertiary/aromatic N) is 1. The molecule has 1 atom stereocenters. The zero-order chi connectivity index (χ0) is 15.7. The smallest absolute Gasteiger partial charge is 0.325 e. The highest BCUT2D eigenvalue weighted by Gasteiger charge is 2.45. The predicted molar refractivity (Wildman–Crippen MR) is 78.8 cm³/mol. The van der Waals surface area contributed by atoms with E-state index in [4.69, 9.17) is 16.9 Å². The van der Waals surface area contributed by atoms with Crippen molar-refractivity contribution in [2.75, 3.05) is 11.5 Å². The van der Waals surface area contributed by atoms with Gasteiger partial charge in [-0.3, -0.25) is 4.79 Å². The van der Waals surface area contributed by atoms with Crippen LogP contribution in [0.2, 0.25) is 5.02 Å². The number of nitriles is 1. The van der Waals surface area contributed by atoms with Gasteiger partial charge in [0.05, 0.1) is 16.7 Å². The largest absolute Gasteiger partial charge is 0.480 e. The van der Waals surface area contributed by atoms with Crippen LogP contribution < -0.4 is 4.72 Å². The second-order valence-corrected chi connectivity index (χ2v) is 7.72. The number of sulfonamides is 1. The van der Waals surface area contributed by atoms with E-state index in [1.165, 1.54) is 30.0 Å². The molecule has 112 valence electrons. The lowest BCUT2D eigenvalue weighted by atomic mass is 10.0. The maximum Gasteiger partial charge on any atom is 0.325 e. The number of rotatable bonds is 4. The first-order valence-electron chi connectivity index (χ1n) is 5.85. The van der Waals surface area contributed by atoms with Crippen molar-refractivity contribution < 1.29 is 18.3 Å². The summed E-state index contributed by atoms with van der Waals surface area (Å²) in [6.07, 6.45) is 0.208. The molecule has 0 saturated carbocycles. The molecule has 0 spiro atoms. The molecule has 1 aliphatic rings. The summed E-state index contributed by atoms with van der Waals surface area (Å²) in [5.41, 5.74) is -1.29. The van der Waals surface area contributed by atoms with Crippen LogP contribution in [0.5, 0.6) is 0 Å². The van der Waals surface area contributed by atoms with Crippen molar-refractivity contribution >= 4 is 39.4 Å². The molecule has 1 fully saturated rings. The minimum Gasteiger partial charge on any atom is -0.480 e. The standard InChI is InChI=1S/C12H11ClN2O4S2/c13-9-5-8(6-14)1-2-10(9)21(18,19)15-12(11(16)17)3-4-20-7-12/h1-2,5,15H,3-4,7H2,(H,16,17). The van der Waals surface area contributed by atoms with Gasteiger partial charge in [0.25, 0.3) is 0 Å². The minimum absolute atomic E-state index is 0.118. The second-order valence-electron chi connectivity index (χ2n) is 4.55. The summed E-state index contributed by atoms with van der Waals surface area (Å²) in [7, 11) is -4.09. The lowest BCUT2D eigenvalue weighted by molar-refractivity contribution is -0.142. The molecule has 1 heterocycles. The monoisotopic (exact) mass is 346 g/mol. The van der Waals surface area contributed by atoms with Crippen molar-refractivity contribution in [3.8, 4) is 6.07 Å². The summed E-state index contributed by atoms with van der Waals surface area (Å²) in [4.78, 5) is 11.2. The number of carboxylic acids is 1. The molecule has 0 radical (unpaired) electrons. The molecule has 0 aromatic heterocycles. The van der Waals surface area contributed by atoms with Crippen LogP contribution in [0.25, 0.3) is 0 Å². The third-order valence-electron chi connectivity index (χ3n) is 3.11. The van der Waals surface area contributed by atoms with Crippen LogP contribution in [0, 0.1) is 11.3 Å². The van der Waals surface area contributed by atoms with Gasteiger partial charge in [0.15, 0.2) is 0 Å². The molecule has 21 heavy (non-hydrogen) atoms. The summed E-state index contributed by atoms with van der Waals surface area (Å²) in [5, 5.41) is 17.9. The molecule has 1 aliphatic heterocycles. The van der Waals surface area contributed by atoms with Gasteiger partial charge < -0.3 is 5.11 Å². The zero-order valence-electron chi connectivity index (χ0n) is 10.7. The number of hydrogen-bond acceptors (Lipinski definition) is 5. The van der Waals surface area contributed by atoms with E-state index >= 15 is 0 Å². The average Bonchev–Trinajstić information content (AvgIpc) is 2.87. The molecule has 2 N–H and O–H groups in total. The normalized spacial score (nSPS) is 21.9. The van der Waals surface area contributed by atoms with Crippen LogP contribution in [-0.4, -0.2) is 36.5 Å². The van der Waals surface area contributed by atoms with Gasteiger partial charge in [-0.1, -0.05) is 11.6 Å². The van der Waals surface area contributed by atoms with Crippen molar-refractivity contribution in [3.05, 3.63) is 28.8 Å². The van der Waals surface area contributed by atoms with Crippen LogP contribution in [0.4, 0.5) is 0 Å². The second kappa shape index (κ2) is 5.85. The average molecular weight is 347 g/mol. The Labute approximate surface area is 131 Å². The van der Waals surface area contributed by atoms with E-state index in [-0.39, 0.29) is 27.7 Å². The van der Waals surface area contributed by atoms with Gasteiger partial charge in [-0.15, -0.1) is 0 Å². The predicted octanol–water partition coefficient (Wildman–Crippen LogP) is 1.45. The SMILES string of the molecule is N#Cc1ccc(S(=O)(=O)NC2(C(=O)O)CCSC2)c(Cl)c1. The fourth-order valence-electron chi connectivity index (χ4n) is 1.96. The molecule has 1 saturated heterocycles. The molecule has 0 bridgehead atoms. The first kappa shape index (κ1) is 16.1. The Balaban J connectivity index is 2.39. The van der Waals surface area contributed by atoms with E-state index in [9.17, 15) is 18.3 Å². The first-order chi connectivity index (χ1) is 9.81. The van der Waals surface area contributed by atoms with E-state index < -0.39 is 21.5 Å². The Kier molecular flexibility index (Phi) is 4.49. The van der Waals surface area contributed by atoms with Gasteiger partial charge in [0.2, 0.25) is 10.0 Å². The highest BCUT2D eigenvalue weighted by molar-refractivity contribution is 7.99. The Morgan fingerprint density at radius 1 is 1.52 bits per heavy atom. The summed E-state index contributed by atoms with van der Waals surface area (Å²) < 4.78 is 27.0. The van der Waals surface area contributed by atoms with Crippen molar-refractivity contribution in [3.63, 3.8) is 0 Å². The number of carbonyl (C=O) groups is 1. The van der Waals surface area contributed by atoms with E-state index in [0.717, 1.165) is 0 Å². The minimum atomic E-state index is -4.09. The van der Waals surface area contributed by atoms with Gasteiger partial charge >= 0.3 is 5.97 Å². The highest BCUT2D eigenvalue weighted by atomic mass is 35.5. The van der Waals surface area contributed by atoms with E-state index in [1.807, 2.05) is 6.07 Å². The summed E-state index contributed by atoms with van der Waals surface area (Å²) in [5.74, 6) is -0.480. The van der Waals surface area contributed by atoms with E-state index in [2.05, 4.69) is 4.72 Å². The van der Waals surface area contributed by atoms with Crippen LogP contribution in [0.3, 0.4) is 0 Å². The van der Waals surface area contributed by atoms with Crippen LogP contribution in [0.15, 0.2) is 23.1 Å². The van der Waals surface area contributed by atoms with Gasteiger partial charge in [0.1, 0.15) is 10.4 Å². The van der Waals surface area contributed by atoms with Crippen LogP contribution in [-0.2, 0) is 14.8 Å². The molecule has 6 nitrogen and oxygen atoms in total. The Morgan fingerprint density at radius 3 is 2.71 bits per heavy atom. The number of aliphatic carboxylic acids is 1. The summed E-state index contributed by atoms with van der Waals surface area (Å²) >= 11 is 7.25. The Hall–Kier alpha value is -1.27. The third-order valence-corrected chi connectivity index (χ3v) is 6.32. The quantitative estimate of drug-likeness (QED) is 0.854. The highest BCUT2D eigenvalue weighted by Crippen LogP contribution is 2.31. The van der Waals surface area contributed by atoms with Crippen molar-refractivity contribution in [2.45, 2.75) is 16.9 Å². The molecule has 1 aromatic rings. The van der Waals surface area contributed by atoms with Crippen molar-refractivity contribution in [1.29, 1.82) is 5.26 Å². The van der Waals surface area contributed by atoms with E-state index in [0.29, 0.717) is 5.75 Å². The number of hydrogen-bond donors (Lipinski definition) is 2. The van der Waals surface area contributed by atoms with Gasteiger partial charge in [-0.25, -0.2) is 8.42 Å². The molecule has 1 aromatic carbocycles. The maximum absolute atomic E-state index is 12.4.